The van der Waals surface area contributed by atoms with Gasteiger partial charge in [0.05, 0.1) is 33.7 Å². The Labute approximate surface area is 269 Å². The van der Waals surface area contributed by atoms with Crippen LogP contribution in [0, 0.1) is 11.3 Å². The van der Waals surface area contributed by atoms with Gasteiger partial charge in [-0.25, -0.2) is 0 Å². The topological polar surface area (TPSA) is 46.8 Å². The lowest BCUT2D eigenvalue weighted by atomic mass is 10.0. The van der Waals surface area contributed by atoms with Crippen LogP contribution in [-0.4, -0.2) is 9.13 Å². The fraction of sp³-hybridized carbons (Fsp3) is 0. The molecule has 47 heavy (non-hydrogen) atoms. The monoisotopic (exact) mass is 599 g/mol. The van der Waals surface area contributed by atoms with E-state index in [1.54, 1.807) is 6.07 Å². The highest BCUT2D eigenvalue weighted by Crippen LogP contribution is 2.39. The van der Waals surface area contributed by atoms with Gasteiger partial charge < -0.3 is 13.6 Å². The van der Waals surface area contributed by atoms with E-state index in [2.05, 4.69) is 143 Å². The van der Waals surface area contributed by atoms with Gasteiger partial charge in [-0.05, 0) is 83.9 Å². The summed E-state index contributed by atoms with van der Waals surface area (Å²) < 4.78 is 10.9. The molecule has 0 fully saturated rings. The minimum absolute atomic E-state index is 0.621. The highest BCUT2D eigenvalue weighted by Gasteiger charge is 2.17. The summed E-state index contributed by atoms with van der Waals surface area (Å²) in [6, 6.07) is 55.7. The first-order valence-corrected chi connectivity index (χ1v) is 15.7. The molecular weight excluding hydrogens is 574 g/mol. The predicted octanol–water partition coefficient (Wildman–Crippen LogP) is 11.3. The van der Waals surface area contributed by atoms with E-state index in [1.807, 2.05) is 18.2 Å². The zero-order valence-corrected chi connectivity index (χ0v) is 25.2. The Hall–Kier alpha value is -6.57. The van der Waals surface area contributed by atoms with Gasteiger partial charge in [0.1, 0.15) is 11.2 Å². The van der Waals surface area contributed by atoms with Crippen molar-refractivity contribution in [3.63, 3.8) is 0 Å². The Morgan fingerprint density at radius 2 is 0.936 bits per heavy atom. The molecule has 0 bridgehead atoms. The molecule has 10 rings (SSSR count). The van der Waals surface area contributed by atoms with Gasteiger partial charge in [-0.15, -0.1) is 0 Å². The van der Waals surface area contributed by atoms with Crippen LogP contribution in [0.2, 0.25) is 0 Å². The van der Waals surface area contributed by atoms with Gasteiger partial charge in [0.25, 0.3) is 0 Å². The largest absolute Gasteiger partial charge is 0.456 e. The number of nitrogens with zero attached hydrogens (tertiary/aromatic N) is 3. The number of rotatable bonds is 3. The Kier molecular flexibility index (Phi) is 5.32. The minimum atomic E-state index is 0.621. The van der Waals surface area contributed by atoms with Crippen molar-refractivity contribution in [2.45, 2.75) is 0 Å². The molecule has 0 amide bonds. The predicted molar refractivity (Wildman–Crippen MR) is 193 cm³/mol. The molecule has 0 aliphatic rings. The summed E-state index contributed by atoms with van der Waals surface area (Å²) in [4.78, 5) is 0. The maximum absolute atomic E-state index is 9.55. The van der Waals surface area contributed by atoms with E-state index in [9.17, 15) is 5.26 Å². The maximum Gasteiger partial charge on any atom is 0.135 e. The highest BCUT2D eigenvalue weighted by atomic mass is 16.3. The normalized spacial score (nSPS) is 11.8. The molecule has 0 N–H and O–H groups in total. The van der Waals surface area contributed by atoms with Crippen LogP contribution < -0.4 is 0 Å². The van der Waals surface area contributed by atoms with Gasteiger partial charge in [0.2, 0.25) is 0 Å². The van der Waals surface area contributed by atoms with Crippen molar-refractivity contribution in [2.75, 3.05) is 0 Å². The smallest absolute Gasteiger partial charge is 0.135 e. The van der Waals surface area contributed by atoms with Crippen LogP contribution in [0.1, 0.15) is 5.56 Å². The number of furan rings is 1. The molecule has 4 nitrogen and oxygen atoms in total. The fourth-order valence-corrected chi connectivity index (χ4v) is 7.41. The van der Waals surface area contributed by atoms with Crippen LogP contribution in [-0.2, 0) is 0 Å². The van der Waals surface area contributed by atoms with Gasteiger partial charge in [0, 0.05) is 43.7 Å². The number of aromatic nitrogens is 2. The molecule has 0 aliphatic carbocycles. The molecule has 218 valence electrons. The van der Waals surface area contributed by atoms with Crippen molar-refractivity contribution in [3.8, 4) is 28.6 Å². The van der Waals surface area contributed by atoms with Crippen LogP contribution in [0.25, 0.3) is 88.1 Å². The van der Waals surface area contributed by atoms with Crippen LogP contribution in [0.3, 0.4) is 0 Å². The molecule has 10 aromatic rings. The second-order valence-corrected chi connectivity index (χ2v) is 12.1. The van der Waals surface area contributed by atoms with E-state index >= 15 is 0 Å². The highest BCUT2D eigenvalue weighted by molar-refractivity contribution is 6.13. The van der Waals surface area contributed by atoms with Crippen molar-refractivity contribution < 1.29 is 4.42 Å². The molecule has 0 unspecified atom stereocenters. The number of fused-ring (bicyclic) bond motifs is 9. The first-order chi connectivity index (χ1) is 23.2. The second kappa shape index (κ2) is 9.71. The van der Waals surface area contributed by atoms with E-state index < -0.39 is 0 Å². The lowest BCUT2D eigenvalue weighted by Crippen LogP contribution is -1.94. The Morgan fingerprint density at radius 3 is 1.57 bits per heavy atom. The molecule has 3 aromatic heterocycles. The number of nitriles is 1. The van der Waals surface area contributed by atoms with Gasteiger partial charge in [-0.2, -0.15) is 5.26 Å². The van der Waals surface area contributed by atoms with Gasteiger partial charge >= 0.3 is 0 Å². The molecule has 0 radical (unpaired) electrons. The molecule has 0 spiro atoms. The Morgan fingerprint density at radius 1 is 0.404 bits per heavy atom. The van der Waals surface area contributed by atoms with Crippen LogP contribution in [0.4, 0.5) is 0 Å². The van der Waals surface area contributed by atoms with E-state index in [0.29, 0.717) is 5.56 Å². The van der Waals surface area contributed by atoms with Crippen molar-refractivity contribution in [1.29, 1.82) is 5.26 Å². The van der Waals surface area contributed by atoms with Crippen molar-refractivity contribution in [3.05, 3.63) is 157 Å². The van der Waals surface area contributed by atoms with Gasteiger partial charge in [0.15, 0.2) is 0 Å². The zero-order valence-electron chi connectivity index (χ0n) is 25.2. The second-order valence-electron chi connectivity index (χ2n) is 12.1. The molecule has 0 saturated heterocycles. The number of benzene rings is 7. The van der Waals surface area contributed by atoms with E-state index in [-0.39, 0.29) is 0 Å². The summed E-state index contributed by atoms with van der Waals surface area (Å²) >= 11 is 0. The summed E-state index contributed by atoms with van der Waals surface area (Å²) in [5.74, 6) is 0. The SMILES string of the molecule is N#Cc1ccc2oc3ccc(-n4c5ccccc5c5ccc(-c6ccc7c8ccccc8n(-c8ccccc8)c7c6)cc54)cc3c2c1. The summed E-state index contributed by atoms with van der Waals surface area (Å²) in [6.45, 7) is 0. The van der Waals surface area contributed by atoms with Crippen molar-refractivity contribution in [1.82, 2.24) is 9.13 Å². The molecule has 0 aliphatic heterocycles. The van der Waals surface area contributed by atoms with Crippen LogP contribution in [0.5, 0.6) is 0 Å². The van der Waals surface area contributed by atoms with E-state index in [4.69, 9.17) is 4.42 Å². The fourth-order valence-electron chi connectivity index (χ4n) is 7.41. The lowest BCUT2D eigenvalue weighted by Gasteiger charge is -2.11. The minimum Gasteiger partial charge on any atom is -0.456 e. The molecule has 3 heterocycles. The summed E-state index contributed by atoms with van der Waals surface area (Å²) in [6.07, 6.45) is 0. The number of para-hydroxylation sites is 3. The average Bonchev–Trinajstić information content (AvgIpc) is 3.78. The van der Waals surface area contributed by atoms with Crippen LogP contribution in [0.15, 0.2) is 156 Å². The third-order valence-electron chi connectivity index (χ3n) is 9.54. The lowest BCUT2D eigenvalue weighted by molar-refractivity contribution is 0.669. The molecule has 4 heteroatoms. The third-order valence-corrected chi connectivity index (χ3v) is 9.54. The Bertz CT molecular complexity index is 2910. The van der Waals surface area contributed by atoms with Gasteiger partial charge in [-0.3, -0.25) is 0 Å². The van der Waals surface area contributed by atoms with E-state index in [0.717, 1.165) is 55.5 Å². The first kappa shape index (κ1) is 25.7. The molecule has 0 saturated carbocycles. The van der Waals surface area contributed by atoms with Gasteiger partial charge in [-0.1, -0.05) is 78.9 Å². The summed E-state index contributed by atoms with van der Waals surface area (Å²) in [7, 11) is 0. The average molecular weight is 600 g/mol. The summed E-state index contributed by atoms with van der Waals surface area (Å²) in [5, 5.41) is 16.4. The summed E-state index contributed by atoms with van der Waals surface area (Å²) in [5.41, 5.74) is 11.4. The van der Waals surface area contributed by atoms with Crippen molar-refractivity contribution in [2.24, 2.45) is 0 Å². The van der Waals surface area contributed by atoms with E-state index in [1.165, 1.54) is 32.6 Å². The number of hydrogen-bond acceptors (Lipinski definition) is 2. The van der Waals surface area contributed by atoms with Crippen molar-refractivity contribution >= 4 is 65.6 Å². The molecular formula is C43H25N3O. The molecule has 0 atom stereocenters. The maximum atomic E-state index is 9.55. The third kappa shape index (κ3) is 3.75. The van der Waals surface area contributed by atoms with Crippen LogP contribution >= 0.6 is 0 Å². The standard InChI is InChI=1S/C43H25N3O/c44-26-27-14-20-42-36(22-27)37-25-31(17-21-43(37)47-42)46-39-13-7-5-11-33(39)35-19-16-29(24-41(35)46)28-15-18-34-32-10-4-6-12-38(32)45(40(34)23-28)30-8-2-1-3-9-30/h1-25H. The number of hydrogen-bond donors (Lipinski definition) is 0. The first-order valence-electron chi connectivity index (χ1n) is 15.7. The zero-order chi connectivity index (χ0) is 31.1. The Balaban J connectivity index is 1.21. The quantitative estimate of drug-likeness (QED) is 0.203. The molecule has 7 aromatic carbocycles.